The fourth-order valence-corrected chi connectivity index (χ4v) is 1.94. The smallest absolute Gasteiger partial charge is 0.308 e. The van der Waals surface area contributed by atoms with E-state index in [4.69, 9.17) is 4.74 Å². The number of hydrogen-bond donors (Lipinski definition) is 2. The number of aromatic nitrogens is 2. The number of methoxy groups -OCH3 is 1. The molecule has 0 spiro atoms. The Morgan fingerprint density at radius 2 is 2.00 bits per heavy atom. The van der Waals surface area contributed by atoms with Crippen LogP contribution in [0.25, 0.3) is 0 Å². The van der Waals surface area contributed by atoms with Gasteiger partial charge in [-0.25, -0.2) is 0 Å². The predicted octanol–water partition coefficient (Wildman–Crippen LogP) is 2.01. The maximum atomic E-state index is 11.8. The predicted molar refractivity (Wildman–Crippen MR) is 77.9 cm³/mol. The standard InChI is InChI=1S/C15H17N3O3/c1-10(15(20)21-2)9-11-3-5-12(6-4-11)17-14(19)13-7-8-16-18-13/h3-8,10H,9H2,1-2H3,(H,16,18)(H,17,19)/t10-/m1/s1. The van der Waals surface area contributed by atoms with E-state index in [9.17, 15) is 9.59 Å². The second kappa shape index (κ2) is 6.69. The molecule has 0 unspecified atom stereocenters. The largest absolute Gasteiger partial charge is 0.469 e. The number of anilines is 1. The van der Waals surface area contributed by atoms with E-state index in [2.05, 4.69) is 15.5 Å². The van der Waals surface area contributed by atoms with E-state index in [0.29, 0.717) is 17.8 Å². The average molecular weight is 287 g/mol. The first-order chi connectivity index (χ1) is 10.1. The van der Waals surface area contributed by atoms with Crippen molar-refractivity contribution in [2.75, 3.05) is 12.4 Å². The molecule has 2 rings (SSSR count). The van der Waals surface area contributed by atoms with Crippen LogP contribution in [0.1, 0.15) is 23.0 Å². The monoisotopic (exact) mass is 287 g/mol. The lowest BCUT2D eigenvalue weighted by Gasteiger charge is -2.10. The fraction of sp³-hybridized carbons (Fsp3) is 0.267. The number of aromatic amines is 1. The van der Waals surface area contributed by atoms with Crippen molar-refractivity contribution < 1.29 is 14.3 Å². The van der Waals surface area contributed by atoms with Gasteiger partial charge in [0, 0.05) is 11.9 Å². The summed E-state index contributed by atoms with van der Waals surface area (Å²) in [5.41, 5.74) is 2.09. The van der Waals surface area contributed by atoms with Gasteiger partial charge in [-0.1, -0.05) is 19.1 Å². The van der Waals surface area contributed by atoms with Crippen LogP contribution < -0.4 is 5.32 Å². The molecule has 110 valence electrons. The number of ether oxygens (including phenoxy) is 1. The Kier molecular flexibility index (Phi) is 4.71. The number of rotatable bonds is 5. The molecule has 0 bridgehead atoms. The Balaban J connectivity index is 1.96. The molecule has 1 amide bonds. The van der Waals surface area contributed by atoms with E-state index >= 15 is 0 Å². The molecule has 0 aliphatic heterocycles. The van der Waals surface area contributed by atoms with E-state index in [-0.39, 0.29) is 17.8 Å². The van der Waals surface area contributed by atoms with Gasteiger partial charge in [0.15, 0.2) is 0 Å². The number of carbonyl (C=O) groups excluding carboxylic acids is 2. The Morgan fingerprint density at radius 1 is 1.29 bits per heavy atom. The minimum Gasteiger partial charge on any atom is -0.469 e. The third kappa shape index (κ3) is 3.92. The average Bonchev–Trinajstić information content (AvgIpc) is 3.02. The summed E-state index contributed by atoms with van der Waals surface area (Å²) < 4.78 is 4.70. The van der Waals surface area contributed by atoms with Gasteiger partial charge in [-0.3, -0.25) is 14.7 Å². The van der Waals surface area contributed by atoms with Crippen LogP contribution in [-0.2, 0) is 16.0 Å². The topological polar surface area (TPSA) is 84.1 Å². The first-order valence-corrected chi connectivity index (χ1v) is 6.57. The minimum atomic E-state index is -0.247. The number of nitrogens with one attached hydrogen (secondary N) is 2. The third-order valence-electron chi connectivity index (χ3n) is 3.10. The number of benzene rings is 1. The van der Waals surface area contributed by atoms with Crippen molar-refractivity contribution in [2.45, 2.75) is 13.3 Å². The number of amides is 1. The summed E-state index contributed by atoms with van der Waals surface area (Å²) in [6.45, 7) is 1.82. The van der Waals surface area contributed by atoms with Crippen molar-refractivity contribution in [1.82, 2.24) is 10.2 Å². The summed E-state index contributed by atoms with van der Waals surface area (Å²) in [4.78, 5) is 23.2. The maximum Gasteiger partial charge on any atom is 0.308 e. The highest BCUT2D eigenvalue weighted by molar-refractivity contribution is 6.02. The zero-order valence-electron chi connectivity index (χ0n) is 11.9. The zero-order valence-corrected chi connectivity index (χ0v) is 11.9. The molecule has 0 saturated carbocycles. The molecule has 2 aromatic rings. The molecular formula is C15H17N3O3. The first-order valence-electron chi connectivity index (χ1n) is 6.57. The Bertz CT molecular complexity index is 606. The summed E-state index contributed by atoms with van der Waals surface area (Å²) in [5, 5.41) is 9.08. The molecule has 0 aliphatic carbocycles. The van der Waals surface area contributed by atoms with Crippen LogP contribution in [0.2, 0.25) is 0 Å². The van der Waals surface area contributed by atoms with Gasteiger partial charge in [0.05, 0.1) is 13.0 Å². The van der Waals surface area contributed by atoms with Crippen LogP contribution in [0.5, 0.6) is 0 Å². The van der Waals surface area contributed by atoms with E-state index < -0.39 is 0 Å². The lowest BCUT2D eigenvalue weighted by Crippen LogP contribution is -2.15. The summed E-state index contributed by atoms with van der Waals surface area (Å²) in [6.07, 6.45) is 2.12. The summed E-state index contributed by atoms with van der Waals surface area (Å²) in [5.74, 6) is -0.671. The van der Waals surface area contributed by atoms with Crippen LogP contribution in [0.3, 0.4) is 0 Å². The van der Waals surface area contributed by atoms with Crippen LogP contribution in [0, 0.1) is 5.92 Å². The maximum absolute atomic E-state index is 11.8. The van der Waals surface area contributed by atoms with Crippen molar-refractivity contribution in [3.8, 4) is 0 Å². The van der Waals surface area contributed by atoms with Gasteiger partial charge in [-0.05, 0) is 30.2 Å². The number of hydrogen-bond acceptors (Lipinski definition) is 4. The number of esters is 1. The van der Waals surface area contributed by atoms with Crippen LogP contribution in [0.15, 0.2) is 36.5 Å². The van der Waals surface area contributed by atoms with Crippen LogP contribution >= 0.6 is 0 Å². The molecule has 1 atom stereocenters. The molecule has 2 N–H and O–H groups in total. The molecule has 6 nitrogen and oxygen atoms in total. The molecule has 0 fully saturated rings. The second-order valence-corrected chi connectivity index (χ2v) is 4.75. The van der Waals surface area contributed by atoms with Gasteiger partial charge in [0.1, 0.15) is 5.69 Å². The highest BCUT2D eigenvalue weighted by atomic mass is 16.5. The molecule has 0 aliphatic rings. The first kappa shape index (κ1) is 14.8. The van der Waals surface area contributed by atoms with Crippen molar-refractivity contribution in [1.29, 1.82) is 0 Å². The van der Waals surface area contributed by atoms with Gasteiger partial charge in [-0.15, -0.1) is 0 Å². The van der Waals surface area contributed by atoms with Crippen molar-refractivity contribution in [2.24, 2.45) is 5.92 Å². The lowest BCUT2D eigenvalue weighted by atomic mass is 10.0. The summed E-state index contributed by atoms with van der Waals surface area (Å²) in [6, 6.07) is 8.95. The minimum absolute atomic E-state index is 0.194. The normalized spacial score (nSPS) is 11.7. The van der Waals surface area contributed by atoms with Crippen molar-refractivity contribution in [3.63, 3.8) is 0 Å². The molecule has 1 heterocycles. The molecular weight excluding hydrogens is 270 g/mol. The lowest BCUT2D eigenvalue weighted by molar-refractivity contribution is -0.144. The van der Waals surface area contributed by atoms with E-state index in [1.54, 1.807) is 18.2 Å². The number of H-pyrrole nitrogens is 1. The van der Waals surface area contributed by atoms with E-state index in [1.165, 1.54) is 13.3 Å². The summed E-state index contributed by atoms with van der Waals surface area (Å²) in [7, 11) is 1.38. The Labute approximate surface area is 122 Å². The summed E-state index contributed by atoms with van der Waals surface area (Å²) >= 11 is 0. The quantitative estimate of drug-likeness (QED) is 0.824. The molecule has 1 aromatic carbocycles. The van der Waals surface area contributed by atoms with Crippen LogP contribution in [-0.4, -0.2) is 29.2 Å². The van der Waals surface area contributed by atoms with Gasteiger partial charge >= 0.3 is 5.97 Å². The van der Waals surface area contributed by atoms with Gasteiger partial charge in [0.2, 0.25) is 0 Å². The van der Waals surface area contributed by atoms with E-state index in [1.807, 2.05) is 19.1 Å². The van der Waals surface area contributed by atoms with E-state index in [0.717, 1.165) is 5.56 Å². The van der Waals surface area contributed by atoms with Crippen LogP contribution in [0.4, 0.5) is 5.69 Å². The third-order valence-corrected chi connectivity index (χ3v) is 3.10. The SMILES string of the molecule is COC(=O)[C@H](C)Cc1ccc(NC(=O)c2ccn[nH]2)cc1. The highest BCUT2D eigenvalue weighted by Gasteiger charge is 2.13. The molecule has 6 heteroatoms. The van der Waals surface area contributed by atoms with Gasteiger partial charge in [-0.2, -0.15) is 5.10 Å². The highest BCUT2D eigenvalue weighted by Crippen LogP contribution is 2.14. The Morgan fingerprint density at radius 3 is 2.57 bits per heavy atom. The molecule has 0 saturated heterocycles. The van der Waals surface area contributed by atoms with Gasteiger partial charge in [0.25, 0.3) is 5.91 Å². The molecule has 1 aromatic heterocycles. The van der Waals surface area contributed by atoms with Crippen molar-refractivity contribution in [3.05, 3.63) is 47.8 Å². The second-order valence-electron chi connectivity index (χ2n) is 4.75. The zero-order chi connectivity index (χ0) is 15.2. The Hall–Kier alpha value is -2.63. The fourth-order valence-electron chi connectivity index (χ4n) is 1.94. The molecule has 0 radical (unpaired) electrons. The molecule has 21 heavy (non-hydrogen) atoms. The van der Waals surface area contributed by atoms with Crippen molar-refractivity contribution >= 4 is 17.6 Å². The number of carbonyl (C=O) groups is 2. The number of nitrogens with zero attached hydrogens (tertiary/aromatic N) is 1. The van der Waals surface area contributed by atoms with Gasteiger partial charge < -0.3 is 10.1 Å².